The molecule has 452 valence electrons. The smallest absolute Gasteiger partial charge is 0.308 e. The number of nitrogens with one attached hydrogen (secondary N) is 1. The molecule has 5 aromatic carbocycles. The fourth-order valence-electron chi connectivity index (χ4n) is 12.4. The van der Waals surface area contributed by atoms with Crippen molar-refractivity contribution in [2.24, 2.45) is 17.6 Å². The highest BCUT2D eigenvalue weighted by Gasteiger charge is 2.49. The average Bonchev–Trinajstić information content (AvgIpc) is 3.68. The zero-order chi connectivity index (χ0) is 59.7. The van der Waals surface area contributed by atoms with Crippen molar-refractivity contribution in [2.45, 2.75) is 109 Å². The van der Waals surface area contributed by atoms with E-state index in [4.69, 9.17) is 43.6 Å². The van der Waals surface area contributed by atoms with E-state index in [0.29, 0.717) is 80.1 Å². The molecule has 9 rings (SSSR count). The van der Waals surface area contributed by atoms with E-state index in [1.807, 2.05) is 107 Å². The van der Waals surface area contributed by atoms with Gasteiger partial charge in [0, 0.05) is 62.3 Å². The summed E-state index contributed by atoms with van der Waals surface area (Å²) in [5.41, 5.74) is 11.4. The third-order valence-electron chi connectivity index (χ3n) is 16.6. The fraction of sp³-hybridized carbons (Fsp3) is 0.477. The average molecular weight is 1160 g/mol. The summed E-state index contributed by atoms with van der Waals surface area (Å²) < 4.78 is 44.6. The quantitative estimate of drug-likeness (QED) is 0.0342. The van der Waals surface area contributed by atoms with Gasteiger partial charge >= 0.3 is 11.9 Å². The number of amides is 2. The SMILES string of the molecule is CCCCN(C(=O)CN1C[C@H](c2cc(OC)c3c(c2)OCO3)[C@@H](C(=O)O)[C@@H]1CCCc1ccccc1OC)c1cccc(CN)c1.CCCCNC(=O)CN1C[C@H](c2cc(OC)c3c(c2)OCO3)[C@@H](C(=O)O)[C@@H]1CCCc1ccccc1OC. The van der Waals surface area contributed by atoms with E-state index in [9.17, 15) is 29.4 Å². The summed E-state index contributed by atoms with van der Waals surface area (Å²) in [6.07, 6.45) is 7.89. The van der Waals surface area contributed by atoms with Crippen LogP contribution in [0.4, 0.5) is 5.69 Å². The number of unbranched alkanes of at least 4 members (excludes halogenated alkanes) is 2. The molecule has 5 aromatic rings. The first kappa shape index (κ1) is 62.3. The third-order valence-corrected chi connectivity index (χ3v) is 16.6. The van der Waals surface area contributed by atoms with Crippen LogP contribution in [0.1, 0.15) is 105 Å². The standard InChI is InChI=1S/C36H45N3O7.C29H38N2O7/c1-4-5-16-39(27-13-8-10-24(17-27)20-37)33(40)22-38-21-28(26-18-31(44-3)35-32(19-26)45-23-46-35)34(36(41)42)29(38)14-9-12-25-11-6-7-15-30(25)43-2;1-4-5-13-30-26(32)17-31-16-21(20-14-24(36-3)28-25(15-20)37-18-38-28)27(29(33)34)22(31)11-8-10-19-9-6-7-12-23(19)35-2/h6-8,10-11,13,15,17-19,28-29,34H,4-5,9,12,14,16,20-23,37H2,1-3H3,(H,41,42);6-7,9,12,14-15,21-22,27H,4-5,8,10-11,13,16-18H2,1-3H3,(H,30,32)(H,33,34)/t28-,29+,34-;21-,22+,27-/m11/s1. The summed E-state index contributed by atoms with van der Waals surface area (Å²) in [6, 6.07) is 30.2. The van der Waals surface area contributed by atoms with Gasteiger partial charge in [0.05, 0.1) is 53.4 Å². The first-order valence-corrected chi connectivity index (χ1v) is 29.3. The molecule has 4 aliphatic rings. The van der Waals surface area contributed by atoms with Crippen molar-refractivity contribution >= 4 is 29.4 Å². The summed E-state index contributed by atoms with van der Waals surface area (Å²) in [5.74, 6) is 0.698. The molecule has 2 saturated heterocycles. The molecule has 4 heterocycles. The zero-order valence-corrected chi connectivity index (χ0v) is 49.3. The van der Waals surface area contributed by atoms with Crippen LogP contribution in [0.3, 0.4) is 0 Å². The second-order valence-corrected chi connectivity index (χ2v) is 21.7. The van der Waals surface area contributed by atoms with Crippen LogP contribution in [0.5, 0.6) is 46.0 Å². The van der Waals surface area contributed by atoms with Crippen molar-refractivity contribution < 1.29 is 67.3 Å². The van der Waals surface area contributed by atoms with Crippen molar-refractivity contribution in [1.82, 2.24) is 15.1 Å². The molecule has 19 heteroatoms. The number of aryl methyl sites for hydroxylation is 2. The number of benzene rings is 5. The Morgan fingerprint density at radius 1 is 0.607 bits per heavy atom. The van der Waals surface area contributed by atoms with Crippen LogP contribution in [0.25, 0.3) is 0 Å². The van der Waals surface area contributed by atoms with Crippen LogP contribution >= 0.6 is 0 Å². The van der Waals surface area contributed by atoms with Crippen molar-refractivity contribution in [2.75, 3.05) is 86.2 Å². The number of fused-ring (bicyclic) bond motifs is 2. The molecule has 0 unspecified atom stereocenters. The van der Waals surface area contributed by atoms with Crippen LogP contribution < -0.4 is 53.8 Å². The lowest BCUT2D eigenvalue weighted by Crippen LogP contribution is -2.44. The van der Waals surface area contributed by atoms with Crippen molar-refractivity contribution in [3.8, 4) is 46.0 Å². The van der Waals surface area contributed by atoms with Crippen LogP contribution in [-0.2, 0) is 38.6 Å². The van der Waals surface area contributed by atoms with Crippen LogP contribution in [0.15, 0.2) is 97.1 Å². The van der Waals surface area contributed by atoms with E-state index in [0.717, 1.165) is 96.4 Å². The van der Waals surface area contributed by atoms with E-state index >= 15 is 0 Å². The molecule has 4 aliphatic heterocycles. The Bertz CT molecular complexity index is 3030. The number of hydrogen-bond acceptors (Lipinski definition) is 15. The molecule has 0 saturated carbocycles. The minimum absolute atomic E-state index is 0.0644. The summed E-state index contributed by atoms with van der Waals surface area (Å²) in [4.78, 5) is 58.7. The van der Waals surface area contributed by atoms with Gasteiger partial charge in [0.25, 0.3) is 0 Å². The summed E-state index contributed by atoms with van der Waals surface area (Å²) in [7, 11) is 6.42. The van der Waals surface area contributed by atoms with Crippen LogP contribution in [-0.4, -0.2) is 137 Å². The van der Waals surface area contributed by atoms with Gasteiger partial charge < -0.3 is 64.1 Å². The van der Waals surface area contributed by atoms with Gasteiger partial charge in [-0.2, -0.15) is 0 Å². The van der Waals surface area contributed by atoms with Gasteiger partial charge in [-0.3, -0.25) is 29.0 Å². The monoisotopic (exact) mass is 1160 g/mol. The van der Waals surface area contributed by atoms with Crippen molar-refractivity contribution in [3.05, 3.63) is 125 Å². The Morgan fingerprint density at radius 3 is 1.58 bits per heavy atom. The molecule has 84 heavy (non-hydrogen) atoms. The number of ether oxygens (including phenoxy) is 8. The van der Waals surface area contributed by atoms with Crippen LogP contribution in [0, 0.1) is 11.8 Å². The number of carboxylic acids is 2. The first-order chi connectivity index (χ1) is 40.8. The zero-order valence-electron chi connectivity index (χ0n) is 49.3. The number of nitrogens with two attached hydrogens (primary N) is 1. The van der Waals surface area contributed by atoms with E-state index in [1.165, 1.54) is 0 Å². The molecule has 5 N–H and O–H groups in total. The highest BCUT2D eigenvalue weighted by Crippen LogP contribution is 2.49. The number of carbonyl (C=O) groups excluding carboxylic acids is 2. The van der Waals surface area contributed by atoms with Gasteiger partial charge in [-0.25, -0.2) is 0 Å². The number of carboxylic acid groups (broad SMARTS) is 2. The predicted octanol–water partition coefficient (Wildman–Crippen LogP) is 9.06. The number of anilines is 1. The Kier molecular flexibility index (Phi) is 22.4. The maximum absolute atomic E-state index is 14.1. The molecule has 19 nitrogen and oxygen atoms in total. The Morgan fingerprint density at radius 2 is 1.11 bits per heavy atom. The predicted molar refractivity (Wildman–Crippen MR) is 318 cm³/mol. The number of aliphatic carboxylic acids is 2. The summed E-state index contributed by atoms with van der Waals surface area (Å²) in [5, 5.41) is 24.1. The lowest BCUT2D eigenvalue weighted by molar-refractivity contribution is -0.144. The van der Waals surface area contributed by atoms with Gasteiger partial charge in [0.15, 0.2) is 23.0 Å². The van der Waals surface area contributed by atoms with Crippen molar-refractivity contribution in [1.29, 1.82) is 0 Å². The topological polar surface area (TPSA) is 230 Å². The summed E-state index contributed by atoms with van der Waals surface area (Å²) in [6.45, 7) is 7.01. The van der Waals surface area contributed by atoms with E-state index < -0.39 is 29.7 Å². The van der Waals surface area contributed by atoms with Gasteiger partial charge in [0.1, 0.15) is 11.5 Å². The van der Waals surface area contributed by atoms with Gasteiger partial charge in [-0.15, -0.1) is 0 Å². The number of para-hydroxylation sites is 2. The molecular formula is C65H83N5O14. The molecule has 0 bridgehead atoms. The lowest BCUT2D eigenvalue weighted by atomic mass is 9.83. The number of nitrogens with zero attached hydrogens (tertiary/aromatic N) is 3. The molecule has 2 fully saturated rings. The molecule has 2 amide bonds. The molecular weight excluding hydrogens is 1070 g/mol. The lowest BCUT2D eigenvalue weighted by Gasteiger charge is -2.30. The van der Waals surface area contributed by atoms with Gasteiger partial charge in [-0.05, 0) is 128 Å². The molecule has 0 aromatic heterocycles. The molecule has 0 spiro atoms. The number of hydrogen-bond donors (Lipinski definition) is 4. The first-order valence-electron chi connectivity index (χ1n) is 29.3. The number of methoxy groups -OCH3 is 4. The van der Waals surface area contributed by atoms with E-state index in [-0.39, 0.29) is 56.5 Å². The normalized spacial score (nSPS) is 19.5. The minimum atomic E-state index is -0.891. The van der Waals surface area contributed by atoms with E-state index in [2.05, 4.69) is 24.1 Å². The van der Waals surface area contributed by atoms with Crippen LogP contribution in [0.2, 0.25) is 0 Å². The Labute approximate surface area is 493 Å². The van der Waals surface area contributed by atoms with Gasteiger partial charge in [-0.1, -0.05) is 75.2 Å². The number of likely N-dealkylation sites (tertiary alicyclic amines) is 2. The number of rotatable bonds is 28. The highest BCUT2D eigenvalue weighted by molar-refractivity contribution is 5.95. The second-order valence-electron chi connectivity index (χ2n) is 21.7. The summed E-state index contributed by atoms with van der Waals surface area (Å²) >= 11 is 0. The Balaban J connectivity index is 0.000000223. The second kappa shape index (κ2) is 30.2. The molecule has 0 aliphatic carbocycles. The molecule has 0 radical (unpaired) electrons. The third kappa shape index (κ3) is 15.0. The largest absolute Gasteiger partial charge is 0.496 e. The maximum atomic E-state index is 14.1. The Hall–Kier alpha value is -7.74. The molecule has 6 atom stereocenters. The van der Waals surface area contributed by atoms with Gasteiger partial charge in [0.2, 0.25) is 36.9 Å². The fourth-order valence-corrected chi connectivity index (χ4v) is 12.4. The minimum Gasteiger partial charge on any atom is -0.496 e. The van der Waals surface area contributed by atoms with Crippen molar-refractivity contribution in [3.63, 3.8) is 0 Å². The maximum Gasteiger partial charge on any atom is 0.308 e. The highest BCUT2D eigenvalue weighted by atomic mass is 16.7. The van der Waals surface area contributed by atoms with E-state index in [1.54, 1.807) is 28.4 Å². The number of carbonyl (C=O) groups is 4.